The number of amides is 2. The largest absolute Gasteiger partial charge is 0.439 e. The Balaban J connectivity index is 1.41. The number of likely N-dealkylation sites (N-methyl/N-ethyl adjacent to an activating group) is 1. The van der Waals surface area contributed by atoms with Crippen molar-refractivity contribution in [3.63, 3.8) is 0 Å². The number of ether oxygens (including phenoxy) is 1. The second-order valence-electron chi connectivity index (χ2n) is 7.93. The molecule has 26 heavy (non-hydrogen) atoms. The standard InChI is InChI=1S/C20H23N3O3/c1-22-11-20(26-19(22)25)8-9-23(12-20)18(24)13-6-7-17-15(10-13)14-4-2-3-5-16(14)21-17/h6-7,10,21H,2-5,8-9,11-12H2,1H3. The van der Waals surface area contributed by atoms with Crippen molar-refractivity contribution in [3.05, 3.63) is 35.0 Å². The number of carbonyl (C=O) groups excluding carboxylic acids is 2. The number of fused-ring (bicyclic) bond motifs is 3. The summed E-state index contributed by atoms with van der Waals surface area (Å²) < 4.78 is 5.56. The monoisotopic (exact) mass is 353 g/mol. The van der Waals surface area contributed by atoms with E-state index >= 15 is 0 Å². The van der Waals surface area contributed by atoms with Gasteiger partial charge in [-0.05, 0) is 49.4 Å². The number of likely N-dealkylation sites (tertiary alicyclic amines) is 1. The molecule has 2 amide bonds. The summed E-state index contributed by atoms with van der Waals surface area (Å²) in [6, 6.07) is 5.97. The first kappa shape index (κ1) is 15.7. The Hall–Kier alpha value is -2.50. The SMILES string of the molecule is CN1CC2(CCN(C(=O)c3ccc4[nH]c5c(c4c3)CCCC5)C2)OC1=O. The van der Waals surface area contributed by atoms with Crippen molar-refractivity contribution in [2.45, 2.75) is 37.7 Å². The normalized spacial score (nSPS) is 25.2. The van der Waals surface area contributed by atoms with Gasteiger partial charge in [-0.15, -0.1) is 0 Å². The van der Waals surface area contributed by atoms with Crippen molar-refractivity contribution in [3.8, 4) is 0 Å². The molecule has 0 saturated carbocycles. The third-order valence-corrected chi connectivity index (χ3v) is 6.09. The number of aromatic nitrogens is 1. The molecule has 1 spiro atoms. The number of hydrogen-bond donors (Lipinski definition) is 1. The van der Waals surface area contributed by atoms with Gasteiger partial charge in [-0.25, -0.2) is 4.79 Å². The number of H-pyrrole nitrogens is 1. The van der Waals surface area contributed by atoms with Crippen molar-refractivity contribution in [1.29, 1.82) is 0 Å². The van der Waals surface area contributed by atoms with Gasteiger partial charge in [0.2, 0.25) is 0 Å². The zero-order valence-electron chi connectivity index (χ0n) is 15.0. The first-order valence-corrected chi connectivity index (χ1v) is 9.42. The predicted molar refractivity (Wildman–Crippen MR) is 97.3 cm³/mol. The molecule has 0 bridgehead atoms. The average Bonchev–Trinajstić information content (AvgIpc) is 3.29. The zero-order valence-corrected chi connectivity index (χ0v) is 15.0. The molecule has 2 aliphatic heterocycles. The number of nitrogens with zero attached hydrogens (tertiary/aromatic N) is 2. The molecule has 3 heterocycles. The predicted octanol–water partition coefficient (Wildman–Crippen LogP) is 2.71. The van der Waals surface area contributed by atoms with Crippen LogP contribution in [0, 0.1) is 0 Å². The molecule has 1 aromatic heterocycles. The number of nitrogens with one attached hydrogen (secondary N) is 1. The molecule has 1 N–H and O–H groups in total. The van der Waals surface area contributed by atoms with Crippen molar-refractivity contribution in [1.82, 2.24) is 14.8 Å². The topological polar surface area (TPSA) is 65.6 Å². The first-order chi connectivity index (χ1) is 12.5. The van der Waals surface area contributed by atoms with Gasteiger partial charge in [0.25, 0.3) is 5.91 Å². The highest BCUT2D eigenvalue weighted by molar-refractivity contribution is 5.99. The van der Waals surface area contributed by atoms with Crippen molar-refractivity contribution >= 4 is 22.9 Å². The maximum atomic E-state index is 13.0. The fourth-order valence-electron chi connectivity index (χ4n) is 4.74. The fraction of sp³-hybridized carbons (Fsp3) is 0.500. The van der Waals surface area contributed by atoms with Crippen LogP contribution in [-0.2, 0) is 17.6 Å². The lowest BCUT2D eigenvalue weighted by molar-refractivity contribution is 0.0553. The zero-order chi connectivity index (χ0) is 17.9. The van der Waals surface area contributed by atoms with Gasteiger partial charge in [-0.2, -0.15) is 0 Å². The first-order valence-electron chi connectivity index (χ1n) is 9.42. The number of aryl methyl sites for hydroxylation is 2. The highest BCUT2D eigenvalue weighted by atomic mass is 16.6. The van der Waals surface area contributed by atoms with Gasteiger partial charge >= 0.3 is 6.09 Å². The summed E-state index contributed by atoms with van der Waals surface area (Å²) in [5, 5.41) is 1.19. The summed E-state index contributed by atoms with van der Waals surface area (Å²) in [4.78, 5) is 31.7. The number of carbonyl (C=O) groups is 2. The molecular weight excluding hydrogens is 330 g/mol. The van der Waals surface area contributed by atoms with Gasteiger partial charge in [0.05, 0.1) is 13.1 Å². The molecule has 1 unspecified atom stereocenters. The van der Waals surface area contributed by atoms with E-state index in [4.69, 9.17) is 4.74 Å². The van der Waals surface area contributed by atoms with E-state index in [0.717, 1.165) is 23.9 Å². The van der Waals surface area contributed by atoms with Crippen LogP contribution in [-0.4, -0.2) is 59.1 Å². The van der Waals surface area contributed by atoms with Crippen molar-refractivity contribution in [2.75, 3.05) is 26.7 Å². The van der Waals surface area contributed by atoms with Gasteiger partial charge in [0.15, 0.2) is 5.60 Å². The molecule has 1 atom stereocenters. The van der Waals surface area contributed by atoms with Gasteiger partial charge in [0, 0.05) is 42.2 Å². The van der Waals surface area contributed by atoms with E-state index in [2.05, 4.69) is 4.98 Å². The number of rotatable bonds is 1. The average molecular weight is 353 g/mol. The van der Waals surface area contributed by atoms with E-state index < -0.39 is 5.60 Å². The minimum Gasteiger partial charge on any atom is -0.439 e. The highest BCUT2D eigenvalue weighted by Gasteiger charge is 2.49. The molecule has 6 nitrogen and oxygen atoms in total. The van der Waals surface area contributed by atoms with Gasteiger partial charge in [-0.3, -0.25) is 4.79 Å². The van der Waals surface area contributed by atoms with Crippen LogP contribution in [0.1, 0.15) is 40.9 Å². The van der Waals surface area contributed by atoms with Crippen LogP contribution in [0.4, 0.5) is 4.79 Å². The maximum Gasteiger partial charge on any atom is 0.410 e. The van der Waals surface area contributed by atoms with E-state index in [1.807, 2.05) is 23.1 Å². The van der Waals surface area contributed by atoms with Crippen LogP contribution in [0.15, 0.2) is 18.2 Å². The summed E-state index contributed by atoms with van der Waals surface area (Å²) in [6.45, 7) is 1.66. The molecule has 2 fully saturated rings. The summed E-state index contributed by atoms with van der Waals surface area (Å²) >= 11 is 0. The lowest BCUT2D eigenvalue weighted by Gasteiger charge is -2.22. The van der Waals surface area contributed by atoms with Crippen LogP contribution in [0.5, 0.6) is 0 Å². The van der Waals surface area contributed by atoms with E-state index in [1.165, 1.54) is 29.5 Å². The number of benzene rings is 1. The summed E-state index contributed by atoms with van der Waals surface area (Å²) in [7, 11) is 1.74. The van der Waals surface area contributed by atoms with Crippen LogP contribution < -0.4 is 0 Å². The summed E-state index contributed by atoms with van der Waals surface area (Å²) in [5.74, 6) is 0.0279. The van der Waals surface area contributed by atoms with Crippen molar-refractivity contribution < 1.29 is 14.3 Å². The molecule has 6 heteroatoms. The smallest absolute Gasteiger partial charge is 0.410 e. The van der Waals surface area contributed by atoms with Gasteiger partial charge in [-0.1, -0.05) is 0 Å². The lowest BCUT2D eigenvalue weighted by atomic mass is 9.95. The highest BCUT2D eigenvalue weighted by Crippen LogP contribution is 2.34. The Morgan fingerprint density at radius 2 is 2.08 bits per heavy atom. The molecule has 136 valence electrons. The van der Waals surface area contributed by atoms with E-state index in [-0.39, 0.29) is 12.0 Å². The molecule has 2 aromatic rings. The molecule has 5 rings (SSSR count). The molecule has 1 aromatic carbocycles. The quantitative estimate of drug-likeness (QED) is 0.857. The molecular formula is C20H23N3O3. The third kappa shape index (κ3) is 2.31. The molecule has 1 aliphatic carbocycles. The number of aromatic amines is 1. The van der Waals surface area contributed by atoms with Gasteiger partial charge < -0.3 is 19.5 Å². The Morgan fingerprint density at radius 3 is 2.88 bits per heavy atom. The molecule has 0 radical (unpaired) electrons. The molecule has 3 aliphatic rings. The van der Waals surface area contributed by atoms with Crippen LogP contribution in [0.3, 0.4) is 0 Å². The molecule has 2 saturated heterocycles. The maximum absolute atomic E-state index is 13.0. The van der Waals surface area contributed by atoms with Gasteiger partial charge in [0.1, 0.15) is 0 Å². The number of hydrogen-bond acceptors (Lipinski definition) is 3. The minimum atomic E-state index is -0.529. The van der Waals surface area contributed by atoms with Crippen LogP contribution in [0.25, 0.3) is 10.9 Å². The van der Waals surface area contributed by atoms with Crippen molar-refractivity contribution in [2.24, 2.45) is 0 Å². The Morgan fingerprint density at radius 1 is 1.23 bits per heavy atom. The minimum absolute atomic E-state index is 0.0279. The van der Waals surface area contributed by atoms with E-state index in [9.17, 15) is 9.59 Å². The van der Waals surface area contributed by atoms with Crippen LogP contribution in [0.2, 0.25) is 0 Å². The Kier molecular flexibility index (Phi) is 3.33. The second kappa shape index (κ2) is 5.50. The van der Waals surface area contributed by atoms with Crippen LogP contribution >= 0.6 is 0 Å². The fourth-order valence-corrected chi connectivity index (χ4v) is 4.74. The summed E-state index contributed by atoms with van der Waals surface area (Å²) in [5.41, 5.74) is 4.03. The van der Waals surface area contributed by atoms with E-state index in [0.29, 0.717) is 26.1 Å². The third-order valence-electron chi connectivity index (χ3n) is 6.09. The second-order valence-corrected chi connectivity index (χ2v) is 7.93. The van der Waals surface area contributed by atoms with E-state index in [1.54, 1.807) is 11.9 Å². The Bertz CT molecular complexity index is 918. The summed E-state index contributed by atoms with van der Waals surface area (Å²) in [6.07, 6.45) is 5.04. The Labute approximate surface area is 152 Å². The lowest BCUT2D eigenvalue weighted by Crippen LogP contribution is -2.39.